The third-order valence-corrected chi connectivity index (χ3v) is 11.6. The molecule has 0 aliphatic rings. The normalized spacial score (nSPS) is 12.3. The Morgan fingerprint density at radius 2 is 1.17 bits per heavy atom. The van der Waals surface area contributed by atoms with E-state index in [0.29, 0.717) is 5.95 Å². The van der Waals surface area contributed by atoms with Crippen LogP contribution in [-0.4, -0.2) is 14.5 Å². The van der Waals surface area contributed by atoms with Crippen LogP contribution < -0.4 is 0 Å². The fourth-order valence-electron chi connectivity index (χ4n) is 7.23. The SMILES string of the molecule is c1ccc2c(c1)oc1c(-c3nc(-n4c5ccccc5c5ccc6c7ccccc7sc6c54)nc4c3sc3ccccc34)cccc12. The van der Waals surface area contributed by atoms with Crippen LogP contribution in [0.15, 0.2) is 132 Å². The number of rotatable bonds is 2. The Hall–Kier alpha value is -5.56. The van der Waals surface area contributed by atoms with E-state index in [2.05, 4.69) is 120 Å². The predicted molar refractivity (Wildman–Crippen MR) is 195 cm³/mol. The standard InChI is InChI=1S/C40H21N3OS2/c1-5-16-30-22(10-1)25-20-21-27-24-12-3-7-18-32(24)45-38(27)36(25)43(30)40-41-34-28-13-4-8-19-33(28)46-39(34)35(42-40)29-15-9-14-26-23-11-2-6-17-31(23)44-37(26)29/h1-21H. The van der Waals surface area contributed by atoms with Crippen molar-refractivity contribution in [1.29, 1.82) is 0 Å². The van der Waals surface area contributed by atoms with E-state index >= 15 is 0 Å². The van der Waals surface area contributed by atoms with Gasteiger partial charge in [0.05, 0.1) is 31.6 Å². The van der Waals surface area contributed by atoms with Gasteiger partial charge in [0, 0.05) is 52.7 Å². The van der Waals surface area contributed by atoms with Gasteiger partial charge in [-0.25, -0.2) is 9.97 Å². The topological polar surface area (TPSA) is 43.9 Å². The Labute approximate surface area is 269 Å². The zero-order valence-electron chi connectivity index (χ0n) is 24.2. The second-order valence-corrected chi connectivity index (χ2v) is 13.8. The number of thiophene rings is 2. The summed E-state index contributed by atoms with van der Waals surface area (Å²) in [6, 6.07) is 45.0. The summed E-state index contributed by atoms with van der Waals surface area (Å²) in [6.45, 7) is 0. The van der Waals surface area contributed by atoms with Crippen LogP contribution in [0.4, 0.5) is 0 Å². The highest BCUT2D eigenvalue weighted by atomic mass is 32.1. The number of aromatic nitrogens is 3. The maximum atomic E-state index is 6.56. The van der Waals surface area contributed by atoms with Crippen molar-refractivity contribution < 1.29 is 4.42 Å². The summed E-state index contributed by atoms with van der Waals surface area (Å²) in [5, 5.41) is 8.26. The molecule has 11 rings (SSSR count). The average Bonchev–Trinajstić information content (AvgIpc) is 3.86. The second-order valence-electron chi connectivity index (χ2n) is 11.7. The number of fused-ring (bicyclic) bond motifs is 13. The first kappa shape index (κ1) is 24.7. The Morgan fingerprint density at radius 3 is 2.07 bits per heavy atom. The minimum absolute atomic E-state index is 0.662. The molecule has 0 unspecified atom stereocenters. The Kier molecular flexibility index (Phi) is 4.84. The van der Waals surface area contributed by atoms with Gasteiger partial charge in [-0.1, -0.05) is 97.1 Å². The van der Waals surface area contributed by atoms with E-state index in [1.54, 1.807) is 11.3 Å². The third kappa shape index (κ3) is 3.22. The average molecular weight is 624 g/mol. The number of benzene rings is 6. The van der Waals surface area contributed by atoms with Crippen molar-refractivity contribution in [3.8, 4) is 17.2 Å². The van der Waals surface area contributed by atoms with E-state index in [9.17, 15) is 0 Å². The van der Waals surface area contributed by atoms with Crippen molar-refractivity contribution in [3.05, 3.63) is 127 Å². The Balaban J connectivity index is 1.33. The van der Waals surface area contributed by atoms with E-state index < -0.39 is 0 Å². The summed E-state index contributed by atoms with van der Waals surface area (Å²) in [5.74, 6) is 0.662. The first-order valence-electron chi connectivity index (χ1n) is 15.3. The van der Waals surface area contributed by atoms with E-state index in [-0.39, 0.29) is 0 Å². The molecule has 0 N–H and O–H groups in total. The predicted octanol–water partition coefficient (Wildman–Crippen LogP) is 11.9. The smallest absolute Gasteiger partial charge is 0.235 e. The molecule has 6 aromatic carbocycles. The van der Waals surface area contributed by atoms with Crippen molar-refractivity contribution >= 4 is 107 Å². The minimum Gasteiger partial charge on any atom is -0.455 e. The molecule has 5 aromatic heterocycles. The van der Waals surface area contributed by atoms with Crippen LogP contribution >= 0.6 is 22.7 Å². The highest BCUT2D eigenvalue weighted by molar-refractivity contribution is 7.27. The van der Waals surface area contributed by atoms with Crippen LogP contribution in [0.1, 0.15) is 0 Å². The molecular weight excluding hydrogens is 603 g/mol. The molecule has 6 heteroatoms. The van der Waals surface area contributed by atoms with Crippen molar-refractivity contribution in [2.24, 2.45) is 0 Å². The molecule has 11 aromatic rings. The van der Waals surface area contributed by atoms with Gasteiger partial charge in [0.2, 0.25) is 5.95 Å². The molecular formula is C40H21N3OS2. The van der Waals surface area contributed by atoms with Gasteiger partial charge >= 0.3 is 0 Å². The number of para-hydroxylation sites is 3. The van der Waals surface area contributed by atoms with Gasteiger partial charge in [-0.15, -0.1) is 22.7 Å². The van der Waals surface area contributed by atoms with E-state index in [1.807, 2.05) is 23.5 Å². The fourth-order valence-corrected chi connectivity index (χ4v) is 9.62. The highest BCUT2D eigenvalue weighted by Crippen LogP contribution is 2.45. The summed E-state index contributed by atoms with van der Waals surface area (Å²) in [7, 11) is 0. The molecule has 0 spiro atoms. The molecule has 0 fully saturated rings. The summed E-state index contributed by atoms with van der Waals surface area (Å²) < 4.78 is 13.6. The number of hydrogen-bond acceptors (Lipinski definition) is 5. The molecule has 214 valence electrons. The molecule has 46 heavy (non-hydrogen) atoms. The fraction of sp³-hybridized carbons (Fsp3) is 0. The molecule has 0 saturated heterocycles. The molecule has 0 aliphatic carbocycles. The third-order valence-electron chi connectivity index (χ3n) is 9.25. The van der Waals surface area contributed by atoms with Crippen LogP contribution in [-0.2, 0) is 0 Å². The van der Waals surface area contributed by atoms with Gasteiger partial charge < -0.3 is 4.42 Å². The second kappa shape index (κ2) is 9.01. The lowest BCUT2D eigenvalue weighted by atomic mass is 10.1. The lowest BCUT2D eigenvalue weighted by Crippen LogP contribution is -2.03. The van der Waals surface area contributed by atoms with Crippen LogP contribution in [0, 0.1) is 0 Å². The summed E-state index contributed by atoms with van der Waals surface area (Å²) in [4.78, 5) is 10.9. The number of hydrogen-bond donors (Lipinski definition) is 0. The van der Waals surface area contributed by atoms with Crippen LogP contribution in [0.3, 0.4) is 0 Å². The quantitative estimate of drug-likeness (QED) is 0.192. The molecule has 0 bridgehead atoms. The lowest BCUT2D eigenvalue weighted by molar-refractivity contribution is 0.670. The van der Waals surface area contributed by atoms with Gasteiger partial charge in [0.1, 0.15) is 11.2 Å². The summed E-state index contributed by atoms with van der Waals surface area (Å²) in [5.41, 5.74) is 6.79. The zero-order valence-corrected chi connectivity index (χ0v) is 25.8. The largest absolute Gasteiger partial charge is 0.455 e. The minimum atomic E-state index is 0.662. The van der Waals surface area contributed by atoms with Crippen LogP contribution in [0.2, 0.25) is 0 Å². The molecule has 0 aliphatic heterocycles. The van der Waals surface area contributed by atoms with Crippen molar-refractivity contribution in [1.82, 2.24) is 14.5 Å². The molecule has 4 nitrogen and oxygen atoms in total. The first-order chi connectivity index (χ1) is 22.8. The highest BCUT2D eigenvalue weighted by Gasteiger charge is 2.23. The number of furan rings is 1. The van der Waals surface area contributed by atoms with Crippen LogP contribution in [0.25, 0.3) is 101 Å². The molecule has 0 saturated carbocycles. The van der Waals surface area contributed by atoms with Gasteiger partial charge in [0.15, 0.2) is 0 Å². The van der Waals surface area contributed by atoms with Gasteiger partial charge in [0.25, 0.3) is 0 Å². The van der Waals surface area contributed by atoms with E-state index in [0.717, 1.165) is 59.8 Å². The summed E-state index contributed by atoms with van der Waals surface area (Å²) >= 11 is 3.58. The van der Waals surface area contributed by atoms with Crippen molar-refractivity contribution in [2.75, 3.05) is 0 Å². The zero-order chi connectivity index (χ0) is 29.9. The Morgan fingerprint density at radius 1 is 0.500 bits per heavy atom. The lowest BCUT2D eigenvalue weighted by Gasteiger charge is -2.11. The van der Waals surface area contributed by atoms with Crippen molar-refractivity contribution in [3.63, 3.8) is 0 Å². The molecule has 5 heterocycles. The molecule has 0 atom stereocenters. The number of nitrogens with zero attached hydrogens (tertiary/aromatic N) is 3. The van der Waals surface area contributed by atoms with E-state index in [1.165, 1.54) is 35.6 Å². The van der Waals surface area contributed by atoms with Gasteiger partial charge in [-0.3, -0.25) is 4.57 Å². The molecule has 0 amide bonds. The van der Waals surface area contributed by atoms with Gasteiger partial charge in [-0.2, -0.15) is 0 Å². The van der Waals surface area contributed by atoms with Crippen molar-refractivity contribution in [2.45, 2.75) is 0 Å². The van der Waals surface area contributed by atoms with Crippen LogP contribution in [0.5, 0.6) is 0 Å². The monoisotopic (exact) mass is 623 g/mol. The summed E-state index contributed by atoms with van der Waals surface area (Å²) in [6.07, 6.45) is 0. The maximum Gasteiger partial charge on any atom is 0.235 e. The maximum absolute atomic E-state index is 6.56. The Bertz CT molecular complexity index is 3050. The van der Waals surface area contributed by atoms with E-state index in [4.69, 9.17) is 14.4 Å². The first-order valence-corrected chi connectivity index (χ1v) is 16.9. The van der Waals surface area contributed by atoms with Gasteiger partial charge in [-0.05, 0) is 30.3 Å². The molecule has 0 radical (unpaired) electrons.